The molecule has 0 bridgehead atoms. The fourth-order valence-corrected chi connectivity index (χ4v) is 6.13. The topological polar surface area (TPSA) is 76.7 Å². The number of methoxy groups -OCH3 is 2. The summed E-state index contributed by atoms with van der Waals surface area (Å²) in [6.45, 7) is 1.97. The lowest BCUT2D eigenvalue weighted by atomic mass is 9.77. The summed E-state index contributed by atoms with van der Waals surface area (Å²) in [6, 6.07) is 18.6. The first-order chi connectivity index (χ1) is 16.4. The van der Waals surface area contributed by atoms with E-state index in [9.17, 15) is 8.42 Å². The molecule has 0 unspecified atom stereocenters. The molecule has 0 spiro atoms. The molecule has 1 heterocycles. The third-order valence-electron chi connectivity index (χ3n) is 6.72. The van der Waals surface area contributed by atoms with Crippen LogP contribution in [0.25, 0.3) is 0 Å². The number of nitrogens with one attached hydrogen (secondary N) is 2. The molecule has 3 aromatic carbocycles. The molecule has 0 amide bonds. The minimum Gasteiger partial charge on any atom is -0.493 e. The van der Waals surface area contributed by atoms with Crippen LogP contribution in [-0.4, -0.2) is 22.6 Å². The standard InChI is InChI=1S/C27H28N2O4S/c1-17-10-12-18(13-11-17)29-34(30,31)19-14-15-24-23(16-19)20-6-4-7-21(20)26(28-24)22-8-5-9-25(32-2)27(22)33-3/h4-6,8-16,20-21,26,28-29H,7H2,1-3H3/t20-,21+,26-/m0/s1. The van der Waals surface area contributed by atoms with Gasteiger partial charge < -0.3 is 14.8 Å². The van der Waals surface area contributed by atoms with Gasteiger partial charge in [-0.2, -0.15) is 0 Å². The lowest BCUT2D eigenvalue weighted by Crippen LogP contribution is -2.29. The number of aryl methyl sites for hydroxylation is 1. The average molecular weight is 477 g/mol. The Morgan fingerprint density at radius 1 is 0.971 bits per heavy atom. The Kier molecular flexibility index (Phi) is 5.73. The molecular weight excluding hydrogens is 448 g/mol. The van der Waals surface area contributed by atoms with Crippen LogP contribution in [-0.2, 0) is 10.0 Å². The molecule has 1 aliphatic carbocycles. The van der Waals surface area contributed by atoms with Gasteiger partial charge in [0.25, 0.3) is 10.0 Å². The third-order valence-corrected chi connectivity index (χ3v) is 8.10. The maximum Gasteiger partial charge on any atom is 0.261 e. The first kappa shape index (κ1) is 22.3. The van der Waals surface area contributed by atoms with E-state index in [0.29, 0.717) is 11.4 Å². The van der Waals surface area contributed by atoms with Crippen molar-refractivity contribution in [2.45, 2.75) is 30.2 Å². The predicted octanol–water partition coefficient (Wildman–Crippen LogP) is 5.64. The van der Waals surface area contributed by atoms with E-state index in [1.807, 2.05) is 37.3 Å². The summed E-state index contributed by atoms with van der Waals surface area (Å²) in [5.74, 6) is 1.75. The second-order valence-electron chi connectivity index (χ2n) is 8.78. The van der Waals surface area contributed by atoms with Gasteiger partial charge >= 0.3 is 0 Å². The fourth-order valence-electron chi connectivity index (χ4n) is 5.04. The maximum atomic E-state index is 13.1. The number of allylic oxidation sites excluding steroid dienone is 2. The highest BCUT2D eigenvalue weighted by Crippen LogP contribution is 2.52. The number of fused-ring (bicyclic) bond motifs is 3. The van der Waals surface area contributed by atoms with Gasteiger partial charge in [0.1, 0.15) is 0 Å². The minimum absolute atomic E-state index is 0.00527. The molecule has 176 valence electrons. The molecule has 3 aromatic rings. The highest BCUT2D eigenvalue weighted by atomic mass is 32.2. The van der Waals surface area contributed by atoms with Gasteiger partial charge in [0, 0.05) is 22.9 Å². The molecule has 7 heteroatoms. The Labute approximate surface area is 200 Å². The Morgan fingerprint density at radius 2 is 1.76 bits per heavy atom. The van der Waals surface area contributed by atoms with Gasteiger partial charge in [0.05, 0.1) is 25.2 Å². The summed E-state index contributed by atoms with van der Waals surface area (Å²) in [6.07, 6.45) is 5.26. The molecule has 2 N–H and O–H groups in total. The van der Waals surface area contributed by atoms with Crippen LogP contribution in [0.3, 0.4) is 0 Å². The summed E-state index contributed by atoms with van der Waals surface area (Å²) < 4.78 is 40.2. The molecule has 0 fully saturated rings. The molecule has 0 saturated carbocycles. The molecule has 6 nitrogen and oxygen atoms in total. The highest BCUT2D eigenvalue weighted by molar-refractivity contribution is 7.92. The number of hydrogen-bond acceptors (Lipinski definition) is 5. The number of rotatable bonds is 6. The van der Waals surface area contributed by atoms with Crippen LogP contribution < -0.4 is 19.5 Å². The van der Waals surface area contributed by atoms with Crippen LogP contribution in [0.4, 0.5) is 11.4 Å². The van der Waals surface area contributed by atoms with Crippen LogP contribution in [0, 0.1) is 12.8 Å². The monoisotopic (exact) mass is 476 g/mol. The normalized spacial score (nSPS) is 20.7. The number of anilines is 2. The van der Waals surface area contributed by atoms with Gasteiger partial charge in [-0.05, 0) is 61.2 Å². The lowest BCUT2D eigenvalue weighted by molar-refractivity contribution is 0.341. The van der Waals surface area contributed by atoms with Crippen molar-refractivity contribution in [2.75, 3.05) is 24.3 Å². The van der Waals surface area contributed by atoms with Gasteiger partial charge in [-0.3, -0.25) is 4.72 Å². The van der Waals surface area contributed by atoms with Crippen LogP contribution in [0.5, 0.6) is 11.5 Å². The van der Waals surface area contributed by atoms with E-state index in [1.165, 1.54) is 0 Å². The summed E-state index contributed by atoms with van der Waals surface area (Å²) in [5, 5.41) is 3.65. The first-order valence-electron chi connectivity index (χ1n) is 11.3. The third kappa shape index (κ3) is 3.90. The van der Waals surface area contributed by atoms with Crippen molar-refractivity contribution >= 4 is 21.4 Å². The average Bonchev–Trinajstić information content (AvgIpc) is 3.34. The molecule has 1 aliphatic heterocycles. The molecule has 0 aromatic heterocycles. The SMILES string of the molecule is COc1cccc([C@H]2Nc3ccc(S(=O)(=O)Nc4ccc(C)cc4)cc3[C@H]3C=CC[C@H]32)c1OC. The van der Waals surface area contributed by atoms with E-state index in [-0.39, 0.29) is 22.8 Å². The first-order valence-corrected chi connectivity index (χ1v) is 12.8. The van der Waals surface area contributed by atoms with Gasteiger partial charge in [-0.15, -0.1) is 0 Å². The summed E-state index contributed by atoms with van der Waals surface area (Å²) in [4.78, 5) is 0.255. The number of sulfonamides is 1. The molecular formula is C27H28N2O4S. The van der Waals surface area contributed by atoms with E-state index in [2.05, 4.69) is 28.3 Å². The van der Waals surface area contributed by atoms with Crippen molar-refractivity contribution in [2.24, 2.45) is 5.92 Å². The Bertz CT molecular complexity index is 1350. The van der Waals surface area contributed by atoms with Crippen molar-refractivity contribution in [1.82, 2.24) is 0 Å². The summed E-state index contributed by atoms with van der Waals surface area (Å²) >= 11 is 0. The fraction of sp³-hybridized carbons (Fsp3) is 0.259. The molecule has 5 rings (SSSR count). The quantitative estimate of drug-likeness (QED) is 0.450. The Morgan fingerprint density at radius 3 is 2.50 bits per heavy atom. The zero-order valence-electron chi connectivity index (χ0n) is 19.4. The second kappa shape index (κ2) is 8.72. The summed E-state index contributed by atoms with van der Waals surface area (Å²) in [7, 11) is -0.422. The van der Waals surface area contributed by atoms with Crippen LogP contribution in [0.2, 0.25) is 0 Å². The van der Waals surface area contributed by atoms with Gasteiger partial charge in [-0.25, -0.2) is 8.42 Å². The second-order valence-corrected chi connectivity index (χ2v) is 10.5. The molecule has 0 radical (unpaired) electrons. The van der Waals surface area contributed by atoms with Crippen molar-refractivity contribution in [1.29, 1.82) is 0 Å². The zero-order chi connectivity index (χ0) is 23.9. The van der Waals surface area contributed by atoms with Crippen LogP contribution in [0.15, 0.2) is 77.7 Å². The number of para-hydroxylation sites is 1. The summed E-state index contributed by atoms with van der Waals surface area (Å²) in [5.41, 5.74) is 4.57. The van der Waals surface area contributed by atoms with E-state index >= 15 is 0 Å². The molecule has 34 heavy (non-hydrogen) atoms. The lowest BCUT2D eigenvalue weighted by Gasteiger charge is -2.38. The maximum absolute atomic E-state index is 13.1. The smallest absolute Gasteiger partial charge is 0.261 e. The van der Waals surface area contributed by atoms with E-state index in [1.54, 1.807) is 38.5 Å². The molecule has 2 aliphatic rings. The van der Waals surface area contributed by atoms with E-state index in [4.69, 9.17) is 9.47 Å². The van der Waals surface area contributed by atoms with Crippen molar-refractivity contribution in [3.05, 3.63) is 89.5 Å². The zero-order valence-corrected chi connectivity index (χ0v) is 20.2. The highest BCUT2D eigenvalue weighted by Gasteiger charge is 2.40. The Balaban J connectivity index is 1.50. The van der Waals surface area contributed by atoms with Crippen molar-refractivity contribution < 1.29 is 17.9 Å². The van der Waals surface area contributed by atoms with Crippen molar-refractivity contribution in [3.63, 3.8) is 0 Å². The van der Waals surface area contributed by atoms with E-state index < -0.39 is 10.0 Å². The van der Waals surface area contributed by atoms with Crippen LogP contribution >= 0.6 is 0 Å². The minimum atomic E-state index is -3.71. The molecule has 3 atom stereocenters. The van der Waals surface area contributed by atoms with Gasteiger partial charge in [0.15, 0.2) is 11.5 Å². The molecule has 0 saturated heterocycles. The van der Waals surface area contributed by atoms with Gasteiger partial charge in [-0.1, -0.05) is 42.0 Å². The number of hydrogen-bond donors (Lipinski definition) is 2. The Hall–Kier alpha value is -3.45. The predicted molar refractivity (Wildman–Crippen MR) is 134 cm³/mol. The largest absolute Gasteiger partial charge is 0.493 e. The van der Waals surface area contributed by atoms with E-state index in [0.717, 1.165) is 34.5 Å². The number of benzene rings is 3. The van der Waals surface area contributed by atoms with Crippen LogP contribution in [0.1, 0.15) is 35.1 Å². The van der Waals surface area contributed by atoms with Crippen molar-refractivity contribution in [3.8, 4) is 11.5 Å². The van der Waals surface area contributed by atoms with Gasteiger partial charge in [0.2, 0.25) is 0 Å². The number of ether oxygens (including phenoxy) is 2.